The SMILES string of the molecule is CCC(C)CNc1ccc(NC(=O)OC(C)(C)C)cc1. The van der Waals surface area contributed by atoms with Crippen molar-refractivity contribution in [1.29, 1.82) is 0 Å². The van der Waals surface area contributed by atoms with Crippen LogP contribution in [0.5, 0.6) is 0 Å². The van der Waals surface area contributed by atoms with E-state index in [1.807, 2.05) is 45.0 Å². The van der Waals surface area contributed by atoms with E-state index in [0.717, 1.165) is 24.3 Å². The molecule has 1 aromatic rings. The van der Waals surface area contributed by atoms with Crippen molar-refractivity contribution >= 4 is 17.5 Å². The first kappa shape index (κ1) is 16.3. The normalized spacial score (nSPS) is 12.7. The molecule has 1 aromatic carbocycles. The van der Waals surface area contributed by atoms with E-state index in [0.29, 0.717) is 5.92 Å². The monoisotopic (exact) mass is 278 g/mol. The summed E-state index contributed by atoms with van der Waals surface area (Å²) < 4.78 is 5.20. The Labute approximate surface area is 121 Å². The molecule has 2 N–H and O–H groups in total. The predicted octanol–water partition coefficient (Wildman–Crippen LogP) is 4.49. The van der Waals surface area contributed by atoms with Crippen LogP contribution in [0, 0.1) is 5.92 Å². The van der Waals surface area contributed by atoms with Crippen LogP contribution in [0.2, 0.25) is 0 Å². The van der Waals surface area contributed by atoms with Gasteiger partial charge >= 0.3 is 6.09 Å². The van der Waals surface area contributed by atoms with Crippen LogP contribution in [0.4, 0.5) is 16.2 Å². The second-order valence-corrected chi connectivity index (χ2v) is 6.10. The third-order valence-corrected chi connectivity index (χ3v) is 2.88. The minimum atomic E-state index is -0.484. The van der Waals surface area contributed by atoms with Crippen LogP contribution in [0.25, 0.3) is 0 Å². The van der Waals surface area contributed by atoms with Crippen molar-refractivity contribution in [2.45, 2.75) is 46.6 Å². The molecule has 0 saturated carbocycles. The quantitative estimate of drug-likeness (QED) is 0.834. The highest BCUT2D eigenvalue weighted by atomic mass is 16.6. The summed E-state index contributed by atoms with van der Waals surface area (Å²) >= 11 is 0. The third-order valence-electron chi connectivity index (χ3n) is 2.88. The zero-order valence-electron chi connectivity index (χ0n) is 13.1. The second kappa shape index (κ2) is 7.17. The van der Waals surface area contributed by atoms with Gasteiger partial charge in [-0.15, -0.1) is 0 Å². The van der Waals surface area contributed by atoms with Gasteiger partial charge in [0.2, 0.25) is 0 Å². The summed E-state index contributed by atoms with van der Waals surface area (Å²) in [5.41, 5.74) is 1.30. The maximum absolute atomic E-state index is 11.6. The first-order valence-corrected chi connectivity index (χ1v) is 7.14. The van der Waals surface area contributed by atoms with Gasteiger partial charge in [-0.1, -0.05) is 20.3 Å². The van der Waals surface area contributed by atoms with Crippen LogP contribution < -0.4 is 10.6 Å². The average Bonchev–Trinajstić information content (AvgIpc) is 2.35. The van der Waals surface area contributed by atoms with Gasteiger partial charge in [0, 0.05) is 17.9 Å². The number of rotatable bonds is 5. The molecule has 0 aliphatic heterocycles. The van der Waals surface area contributed by atoms with Crippen LogP contribution in [0.3, 0.4) is 0 Å². The van der Waals surface area contributed by atoms with Gasteiger partial charge in [-0.2, -0.15) is 0 Å². The fraction of sp³-hybridized carbons (Fsp3) is 0.562. The Morgan fingerprint density at radius 1 is 1.20 bits per heavy atom. The molecule has 112 valence electrons. The van der Waals surface area contributed by atoms with Crippen molar-refractivity contribution in [1.82, 2.24) is 0 Å². The molecule has 0 aliphatic carbocycles. The molecule has 1 amide bonds. The van der Waals surface area contributed by atoms with Gasteiger partial charge in [0.15, 0.2) is 0 Å². The fourth-order valence-electron chi connectivity index (χ4n) is 1.53. The molecule has 0 bridgehead atoms. The zero-order chi connectivity index (χ0) is 15.2. The number of carbonyl (C=O) groups is 1. The van der Waals surface area contributed by atoms with Gasteiger partial charge in [0.1, 0.15) is 5.60 Å². The summed E-state index contributed by atoms with van der Waals surface area (Å²) in [6.45, 7) is 10.9. The molecule has 0 spiro atoms. The van der Waals surface area contributed by atoms with E-state index in [1.165, 1.54) is 0 Å². The van der Waals surface area contributed by atoms with Crippen LogP contribution >= 0.6 is 0 Å². The molecular formula is C16H26N2O2. The van der Waals surface area contributed by atoms with Crippen molar-refractivity contribution in [3.8, 4) is 0 Å². The summed E-state index contributed by atoms with van der Waals surface area (Å²) in [6, 6.07) is 7.63. The first-order chi connectivity index (χ1) is 9.30. The van der Waals surface area contributed by atoms with E-state index < -0.39 is 11.7 Å². The van der Waals surface area contributed by atoms with Crippen LogP contribution in [0.15, 0.2) is 24.3 Å². The molecule has 20 heavy (non-hydrogen) atoms. The molecule has 1 atom stereocenters. The van der Waals surface area contributed by atoms with Gasteiger partial charge < -0.3 is 10.1 Å². The fourth-order valence-corrected chi connectivity index (χ4v) is 1.53. The predicted molar refractivity (Wildman–Crippen MR) is 84.2 cm³/mol. The molecule has 1 unspecified atom stereocenters. The molecule has 0 aliphatic rings. The zero-order valence-corrected chi connectivity index (χ0v) is 13.1. The first-order valence-electron chi connectivity index (χ1n) is 7.14. The Kier molecular flexibility index (Phi) is 5.86. The number of amides is 1. The second-order valence-electron chi connectivity index (χ2n) is 6.10. The highest BCUT2D eigenvalue weighted by molar-refractivity contribution is 5.85. The lowest BCUT2D eigenvalue weighted by Gasteiger charge is -2.19. The number of ether oxygens (including phenoxy) is 1. The van der Waals surface area contributed by atoms with E-state index >= 15 is 0 Å². The standard InChI is InChI=1S/C16H26N2O2/c1-6-12(2)11-17-13-7-9-14(10-8-13)18-15(19)20-16(3,4)5/h7-10,12,17H,6,11H2,1-5H3,(H,18,19). The molecule has 4 heteroatoms. The Morgan fingerprint density at radius 2 is 1.75 bits per heavy atom. The van der Waals surface area contributed by atoms with Gasteiger partial charge in [-0.3, -0.25) is 5.32 Å². The molecule has 4 nitrogen and oxygen atoms in total. The Balaban J connectivity index is 2.48. The molecule has 0 heterocycles. The number of hydrogen-bond acceptors (Lipinski definition) is 3. The molecular weight excluding hydrogens is 252 g/mol. The van der Waals surface area contributed by atoms with E-state index in [1.54, 1.807) is 0 Å². The minimum absolute atomic E-state index is 0.433. The Morgan fingerprint density at radius 3 is 2.25 bits per heavy atom. The maximum Gasteiger partial charge on any atom is 0.412 e. The molecule has 0 saturated heterocycles. The summed E-state index contributed by atoms with van der Waals surface area (Å²) in [7, 11) is 0. The smallest absolute Gasteiger partial charge is 0.412 e. The van der Waals surface area contributed by atoms with Crippen LogP contribution in [0.1, 0.15) is 41.0 Å². The van der Waals surface area contributed by atoms with Crippen molar-refractivity contribution < 1.29 is 9.53 Å². The number of anilines is 2. The molecule has 0 fully saturated rings. The van der Waals surface area contributed by atoms with Crippen LogP contribution in [-0.2, 0) is 4.74 Å². The van der Waals surface area contributed by atoms with E-state index in [4.69, 9.17) is 4.74 Å². The average molecular weight is 278 g/mol. The number of carbonyl (C=O) groups excluding carboxylic acids is 1. The Bertz CT molecular complexity index is 421. The summed E-state index contributed by atoms with van der Waals surface area (Å²) in [6.07, 6.45) is 0.725. The van der Waals surface area contributed by atoms with Gasteiger partial charge in [-0.25, -0.2) is 4.79 Å². The Hall–Kier alpha value is -1.71. The van der Waals surface area contributed by atoms with Gasteiger partial charge in [0.05, 0.1) is 0 Å². The van der Waals surface area contributed by atoms with Gasteiger partial charge in [0.25, 0.3) is 0 Å². The van der Waals surface area contributed by atoms with Crippen molar-refractivity contribution in [3.05, 3.63) is 24.3 Å². The van der Waals surface area contributed by atoms with Crippen molar-refractivity contribution in [3.63, 3.8) is 0 Å². The summed E-state index contributed by atoms with van der Waals surface area (Å²) in [5.74, 6) is 0.648. The van der Waals surface area contributed by atoms with Gasteiger partial charge in [-0.05, 0) is 51.0 Å². The largest absolute Gasteiger partial charge is 0.444 e. The number of nitrogens with one attached hydrogen (secondary N) is 2. The minimum Gasteiger partial charge on any atom is -0.444 e. The topological polar surface area (TPSA) is 50.4 Å². The maximum atomic E-state index is 11.6. The summed E-state index contributed by atoms with van der Waals surface area (Å²) in [5, 5.41) is 6.08. The van der Waals surface area contributed by atoms with Crippen molar-refractivity contribution in [2.24, 2.45) is 5.92 Å². The lowest BCUT2D eigenvalue weighted by atomic mass is 10.1. The lowest BCUT2D eigenvalue weighted by Crippen LogP contribution is -2.27. The lowest BCUT2D eigenvalue weighted by molar-refractivity contribution is 0.0636. The van der Waals surface area contributed by atoms with Crippen molar-refractivity contribution in [2.75, 3.05) is 17.2 Å². The molecule has 1 rings (SSSR count). The third kappa shape index (κ3) is 6.45. The highest BCUT2D eigenvalue weighted by Gasteiger charge is 2.15. The number of benzene rings is 1. The summed E-state index contributed by atoms with van der Waals surface area (Å²) in [4.78, 5) is 11.6. The van der Waals surface area contributed by atoms with E-state index in [2.05, 4.69) is 24.5 Å². The van der Waals surface area contributed by atoms with E-state index in [9.17, 15) is 4.79 Å². The van der Waals surface area contributed by atoms with E-state index in [-0.39, 0.29) is 0 Å². The molecule has 0 aromatic heterocycles. The number of hydrogen-bond donors (Lipinski definition) is 2. The van der Waals surface area contributed by atoms with Crippen LogP contribution in [-0.4, -0.2) is 18.2 Å². The molecule has 0 radical (unpaired) electrons. The highest BCUT2D eigenvalue weighted by Crippen LogP contribution is 2.16.